The van der Waals surface area contributed by atoms with Gasteiger partial charge in [-0.05, 0) is 42.8 Å². The van der Waals surface area contributed by atoms with Gasteiger partial charge in [0.1, 0.15) is 17.1 Å². The van der Waals surface area contributed by atoms with E-state index in [1.165, 1.54) is 24.3 Å². The molecule has 0 saturated heterocycles. The fourth-order valence-electron chi connectivity index (χ4n) is 2.28. The van der Waals surface area contributed by atoms with Crippen LogP contribution in [0.1, 0.15) is 11.5 Å². The predicted molar refractivity (Wildman–Crippen MR) is 87.4 cm³/mol. The molecule has 0 aliphatic carbocycles. The van der Waals surface area contributed by atoms with Gasteiger partial charge in [-0.15, -0.1) is 0 Å². The van der Waals surface area contributed by atoms with Gasteiger partial charge in [-0.2, -0.15) is 0 Å². The topological polar surface area (TPSA) is 64.4 Å². The lowest BCUT2D eigenvalue weighted by Crippen LogP contribution is -2.30. The first-order chi connectivity index (χ1) is 11.6. The van der Waals surface area contributed by atoms with Crippen LogP contribution in [0.5, 0.6) is 5.75 Å². The van der Waals surface area contributed by atoms with Gasteiger partial charge in [0.05, 0.1) is 0 Å². The highest BCUT2D eigenvalue weighted by atomic mass is 19.1. The quantitative estimate of drug-likeness (QED) is 0.755. The zero-order chi connectivity index (χ0) is 16.9. The summed E-state index contributed by atoms with van der Waals surface area (Å²) < 4.78 is 23.7. The fraction of sp³-hybridized carbons (Fsp3) is 0.222. The summed E-state index contributed by atoms with van der Waals surface area (Å²) in [5.41, 5.74) is 2.65. The number of para-hydroxylation sites is 1. The number of aromatic nitrogens is 1. The molecule has 3 aromatic rings. The van der Waals surface area contributed by atoms with Crippen molar-refractivity contribution in [1.82, 2.24) is 10.3 Å². The van der Waals surface area contributed by atoms with Crippen LogP contribution >= 0.6 is 0 Å². The van der Waals surface area contributed by atoms with Crippen molar-refractivity contribution in [2.45, 2.75) is 13.3 Å². The van der Waals surface area contributed by atoms with Crippen molar-refractivity contribution in [2.24, 2.45) is 0 Å². The lowest BCUT2D eigenvalue weighted by Gasteiger charge is -2.06. The summed E-state index contributed by atoms with van der Waals surface area (Å²) in [5, 5.41) is 2.73. The van der Waals surface area contributed by atoms with Gasteiger partial charge in [0.25, 0.3) is 5.91 Å². The van der Waals surface area contributed by atoms with Gasteiger partial charge in [0.15, 0.2) is 18.1 Å². The fourth-order valence-corrected chi connectivity index (χ4v) is 2.28. The molecule has 0 radical (unpaired) electrons. The van der Waals surface area contributed by atoms with Crippen LogP contribution in [0.25, 0.3) is 11.1 Å². The number of carbonyl (C=O) groups is 1. The third-order valence-corrected chi connectivity index (χ3v) is 3.51. The van der Waals surface area contributed by atoms with Crippen LogP contribution in [0.4, 0.5) is 4.39 Å². The maximum Gasteiger partial charge on any atom is 0.257 e. The smallest absolute Gasteiger partial charge is 0.257 e. The number of fused-ring (bicyclic) bond motifs is 1. The van der Waals surface area contributed by atoms with Gasteiger partial charge in [-0.25, -0.2) is 9.37 Å². The van der Waals surface area contributed by atoms with Crippen LogP contribution in [0.2, 0.25) is 0 Å². The Morgan fingerprint density at radius 3 is 2.79 bits per heavy atom. The summed E-state index contributed by atoms with van der Waals surface area (Å²) in [6.07, 6.45) is 0.496. The second kappa shape index (κ2) is 7.12. The van der Waals surface area contributed by atoms with Crippen molar-refractivity contribution >= 4 is 17.0 Å². The van der Waals surface area contributed by atoms with E-state index in [0.717, 1.165) is 16.7 Å². The third-order valence-electron chi connectivity index (χ3n) is 3.51. The molecule has 0 fully saturated rings. The summed E-state index contributed by atoms with van der Waals surface area (Å²) in [6, 6.07) is 11.3. The van der Waals surface area contributed by atoms with Crippen molar-refractivity contribution in [2.75, 3.05) is 13.2 Å². The van der Waals surface area contributed by atoms with Gasteiger partial charge in [0.2, 0.25) is 0 Å². The standard InChI is InChI=1S/C18H17FN2O3/c1-12-3-2-4-15-18(12)21-17(24-15)9-10-20-16(22)11-23-14-7-5-13(19)6-8-14/h2-8H,9-11H2,1H3,(H,20,22). The molecule has 1 amide bonds. The van der Waals surface area contributed by atoms with E-state index < -0.39 is 0 Å². The Kier molecular flexibility index (Phi) is 4.74. The van der Waals surface area contributed by atoms with Crippen molar-refractivity contribution < 1.29 is 18.3 Å². The molecule has 0 aliphatic rings. The van der Waals surface area contributed by atoms with E-state index in [4.69, 9.17) is 9.15 Å². The lowest BCUT2D eigenvalue weighted by molar-refractivity contribution is -0.123. The molecular weight excluding hydrogens is 311 g/mol. The summed E-state index contributed by atoms with van der Waals surface area (Å²) >= 11 is 0. The van der Waals surface area contributed by atoms with E-state index in [-0.39, 0.29) is 18.3 Å². The minimum Gasteiger partial charge on any atom is -0.484 e. The molecule has 0 unspecified atom stereocenters. The number of hydrogen-bond donors (Lipinski definition) is 1. The number of ether oxygens (including phenoxy) is 1. The van der Waals surface area contributed by atoms with Crippen LogP contribution < -0.4 is 10.1 Å². The zero-order valence-electron chi connectivity index (χ0n) is 13.2. The normalized spacial score (nSPS) is 10.8. The second-order valence-corrected chi connectivity index (χ2v) is 5.37. The van der Waals surface area contributed by atoms with Gasteiger partial charge in [-0.3, -0.25) is 4.79 Å². The number of benzene rings is 2. The van der Waals surface area contributed by atoms with E-state index >= 15 is 0 Å². The molecule has 0 atom stereocenters. The van der Waals surface area contributed by atoms with Gasteiger partial charge < -0.3 is 14.5 Å². The summed E-state index contributed by atoms with van der Waals surface area (Å²) in [6.45, 7) is 2.25. The minimum atomic E-state index is -0.347. The monoisotopic (exact) mass is 328 g/mol. The van der Waals surface area contributed by atoms with Gasteiger partial charge >= 0.3 is 0 Å². The molecule has 24 heavy (non-hydrogen) atoms. The maximum absolute atomic E-state index is 12.8. The zero-order valence-corrected chi connectivity index (χ0v) is 13.2. The Morgan fingerprint density at radius 1 is 1.25 bits per heavy atom. The number of carbonyl (C=O) groups excluding carboxylic acids is 1. The molecule has 3 rings (SSSR count). The number of hydrogen-bond acceptors (Lipinski definition) is 4. The highest BCUT2D eigenvalue weighted by Crippen LogP contribution is 2.18. The van der Waals surface area contributed by atoms with Crippen LogP contribution in [0, 0.1) is 12.7 Å². The van der Waals surface area contributed by atoms with E-state index in [1.54, 1.807) is 0 Å². The van der Waals surface area contributed by atoms with Crippen molar-refractivity contribution in [3.05, 3.63) is 59.7 Å². The molecule has 6 heteroatoms. The Morgan fingerprint density at radius 2 is 2.04 bits per heavy atom. The molecule has 124 valence electrons. The average molecular weight is 328 g/mol. The van der Waals surface area contributed by atoms with Crippen molar-refractivity contribution in [3.8, 4) is 5.75 Å². The number of rotatable bonds is 6. The molecule has 1 aromatic heterocycles. The van der Waals surface area contributed by atoms with E-state index in [1.807, 2.05) is 25.1 Å². The first-order valence-electron chi connectivity index (χ1n) is 7.62. The lowest BCUT2D eigenvalue weighted by atomic mass is 10.2. The van der Waals surface area contributed by atoms with E-state index in [0.29, 0.717) is 24.6 Å². The summed E-state index contributed by atoms with van der Waals surface area (Å²) in [7, 11) is 0. The largest absolute Gasteiger partial charge is 0.484 e. The number of halogens is 1. The van der Waals surface area contributed by atoms with Gasteiger partial charge in [-0.1, -0.05) is 12.1 Å². The highest BCUT2D eigenvalue weighted by molar-refractivity contribution is 5.77. The molecule has 0 aliphatic heterocycles. The second-order valence-electron chi connectivity index (χ2n) is 5.37. The first-order valence-corrected chi connectivity index (χ1v) is 7.62. The van der Waals surface area contributed by atoms with Crippen LogP contribution in [-0.2, 0) is 11.2 Å². The number of oxazole rings is 1. The van der Waals surface area contributed by atoms with Crippen molar-refractivity contribution in [1.29, 1.82) is 0 Å². The Balaban J connectivity index is 1.45. The number of nitrogens with zero attached hydrogens (tertiary/aromatic N) is 1. The Hall–Kier alpha value is -2.89. The van der Waals surface area contributed by atoms with Crippen LogP contribution in [0.3, 0.4) is 0 Å². The molecule has 1 heterocycles. The van der Waals surface area contributed by atoms with E-state index in [9.17, 15) is 9.18 Å². The molecular formula is C18H17FN2O3. The molecule has 0 saturated carbocycles. The summed E-state index contributed by atoms with van der Waals surface area (Å²) in [4.78, 5) is 16.2. The minimum absolute atomic E-state index is 0.127. The van der Waals surface area contributed by atoms with Crippen LogP contribution in [0.15, 0.2) is 46.9 Å². The number of nitrogens with one attached hydrogen (secondary N) is 1. The SMILES string of the molecule is Cc1cccc2oc(CCNC(=O)COc3ccc(F)cc3)nc12. The number of amides is 1. The Bertz CT molecular complexity index is 843. The van der Waals surface area contributed by atoms with E-state index in [2.05, 4.69) is 10.3 Å². The molecule has 1 N–H and O–H groups in total. The summed E-state index contributed by atoms with van der Waals surface area (Å²) in [5.74, 6) is 0.423. The average Bonchev–Trinajstić information content (AvgIpc) is 2.99. The van der Waals surface area contributed by atoms with Crippen LogP contribution in [-0.4, -0.2) is 24.0 Å². The molecule has 5 nitrogen and oxygen atoms in total. The molecule has 0 bridgehead atoms. The maximum atomic E-state index is 12.8. The third kappa shape index (κ3) is 3.90. The Labute approximate surface area is 138 Å². The first kappa shape index (κ1) is 16.0. The predicted octanol–water partition coefficient (Wildman–Crippen LogP) is 3.01. The van der Waals surface area contributed by atoms with Gasteiger partial charge in [0, 0.05) is 13.0 Å². The molecule has 0 spiro atoms. The van der Waals surface area contributed by atoms with Crippen molar-refractivity contribution in [3.63, 3.8) is 0 Å². The highest BCUT2D eigenvalue weighted by Gasteiger charge is 2.08. The molecule has 2 aromatic carbocycles. The number of aryl methyl sites for hydroxylation is 1.